The van der Waals surface area contributed by atoms with E-state index in [9.17, 15) is 8.42 Å². The molecule has 0 radical (unpaired) electrons. The van der Waals surface area contributed by atoms with Crippen molar-refractivity contribution in [2.75, 3.05) is 6.61 Å². The van der Waals surface area contributed by atoms with Crippen LogP contribution >= 0.6 is 0 Å². The van der Waals surface area contributed by atoms with Crippen molar-refractivity contribution in [2.24, 2.45) is 0 Å². The standard InChI is InChI=1S/C3H8O3S.Li.H/c1-2-3-6-7(4)5;;/h7H,2-3H2,1H3;;. The van der Waals surface area contributed by atoms with Gasteiger partial charge in [0.25, 0.3) is 11.0 Å². The molecule has 8 heavy (non-hydrogen) atoms. The third-order valence-electron chi connectivity index (χ3n) is 0.401. The van der Waals surface area contributed by atoms with Crippen LogP contribution in [-0.2, 0) is 15.2 Å². The Morgan fingerprint density at radius 3 is 2.12 bits per heavy atom. The maximum absolute atomic E-state index is 9.57. The maximum atomic E-state index is 9.57. The van der Waals surface area contributed by atoms with Gasteiger partial charge in [-0.2, -0.15) is 0 Å². The van der Waals surface area contributed by atoms with Crippen molar-refractivity contribution in [1.29, 1.82) is 0 Å². The molecular formula is C3H9LiO3S. The Labute approximate surface area is 62.7 Å². The van der Waals surface area contributed by atoms with Gasteiger partial charge < -0.3 is 0 Å². The molecule has 0 heterocycles. The Morgan fingerprint density at radius 1 is 1.50 bits per heavy atom. The van der Waals surface area contributed by atoms with E-state index in [4.69, 9.17) is 0 Å². The van der Waals surface area contributed by atoms with Crippen LogP contribution in [0.5, 0.6) is 0 Å². The van der Waals surface area contributed by atoms with Crippen LogP contribution in [0, 0.1) is 0 Å². The quantitative estimate of drug-likeness (QED) is 0.407. The molecule has 0 saturated heterocycles. The van der Waals surface area contributed by atoms with Crippen LogP contribution in [0.1, 0.15) is 13.3 Å². The summed E-state index contributed by atoms with van der Waals surface area (Å²) in [6, 6.07) is 0. The number of hydrogen-bond acceptors (Lipinski definition) is 3. The first-order chi connectivity index (χ1) is 3.27. The van der Waals surface area contributed by atoms with Gasteiger partial charge in [-0.05, 0) is 6.42 Å². The van der Waals surface area contributed by atoms with E-state index in [1.54, 1.807) is 0 Å². The van der Waals surface area contributed by atoms with Gasteiger partial charge >= 0.3 is 18.9 Å². The minimum atomic E-state index is -2.61. The predicted octanol–water partition coefficient (Wildman–Crippen LogP) is -0.709. The van der Waals surface area contributed by atoms with Crippen LogP contribution in [-0.4, -0.2) is 33.9 Å². The SMILES string of the molecule is CCCO[SH](=O)=O.[LiH]. The summed E-state index contributed by atoms with van der Waals surface area (Å²) in [6.07, 6.45) is 0.739. The molecule has 0 atom stereocenters. The van der Waals surface area contributed by atoms with Crippen LogP contribution in [0.25, 0.3) is 0 Å². The predicted molar refractivity (Wildman–Crippen MR) is 33.7 cm³/mol. The molecule has 0 aliphatic rings. The molecule has 0 unspecified atom stereocenters. The molecule has 0 aliphatic heterocycles. The molecule has 0 rings (SSSR count). The van der Waals surface area contributed by atoms with Gasteiger partial charge in [0, 0.05) is 0 Å². The van der Waals surface area contributed by atoms with Crippen LogP contribution in [0.15, 0.2) is 0 Å². The third kappa shape index (κ3) is 9.72. The van der Waals surface area contributed by atoms with Gasteiger partial charge in [-0.15, -0.1) is 0 Å². The molecule has 0 amide bonds. The molecule has 0 N–H and O–H groups in total. The van der Waals surface area contributed by atoms with E-state index < -0.39 is 11.0 Å². The van der Waals surface area contributed by atoms with Crippen LogP contribution in [0.4, 0.5) is 0 Å². The second-order valence-corrected chi connectivity index (χ2v) is 1.76. The Bertz CT molecular complexity index is 92.7. The first-order valence-electron chi connectivity index (χ1n) is 2.04. The van der Waals surface area contributed by atoms with Crippen molar-refractivity contribution in [3.05, 3.63) is 0 Å². The Kier molecular flexibility index (Phi) is 10.6. The van der Waals surface area contributed by atoms with Gasteiger partial charge in [0.15, 0.2) is 0 Å². The van der Waals surface area contributed by atoms with E-state index in [1.165, 1.54) is 0 Å². The Hall–Kier alpha value is 0.507. The van der Waals surface area contributed by atoms with E-state index >= 15 is 0 Å². The summed E-state index contributed by atoms with van der Waals surface area (Å²) in [4.78, 5) is 0. The summed E-state index contributed by atoms with van der Waals surface area (Å²) in [6.45, 7) is 2.15. The fourth-order valence-electron chi connectivity index (χ4n) is 0.166. The van der Waals surface area contributed by atoms with E-state index in [0.29, 0.717) is 6.61 Å². The molecule has 0 saturated carbocycles. The fourth-order valence-corrected chi connectivity index (χ4v) is 0.497. The van der Waals surface area contributed by atoms with Crippen molar-refractivity contribution >= 4 is 29.8 Å². The molecule has 0 aromatic rings. The second-order valence-electron chi connectivity index (χ2n) is 1.06. The zero-order chi connectivity index (χ0) is 5.70. The molecule has 0 aromatic heterocycles. The number of rotatable bonds is 3. The molecular weight excluding hydrogens is 123 g/mol. The Balaban J connectivity index is 0. The van der Waals surface area contributed by atoms with E-state index in [0.717, 1.165) is 6.42 Å². The van der Waals surface area contributed by atoms with Crippen LogP contribution in [0.2, 0.25) is 0 Å². The normalized spacial score (nSPS) is 8.75. The molecule has 0 aromatic carbocycles. The first-order valence-corrected chi connectivity index (χ1v) is 3.14. The molecule has 0 spiro atoms. The van der Waals surface area contributed by atoms with Gasteiger partial charge in [0.05, 0.1) is 6.61 Å². The van der Waals surface area contributed by atoms with Crippen molar-refractivity contribution in [2.45, 2.75) is 13.3 Å². The van der Waals surface area contributed by atoms with Crippen LogP contribution < -0.4 is 0 Å². The van der Waals surface area contributed by atoms with Gasteiger partial charge in [-0.25, -0.2) is 8.42 Å². The molecule has 0 bridgehead atoms. The van der Waals surface area contributed by atoms with E-state index in [1.807, 2.05) is 6.92 Å². The van der Waals surface area contributed by atoms with Crippen molar-refractivity contribution in [3.63, 3.8) is 0 Å². The minimum absolute atomic E-state index is 0. The number of thiol groups is 1. The summed E-state index contributed by atoms with van der Waals surface area (Å²) < 4.78 is 23.3. The average Bonchev–Trinajstić information content (AvgIpc) is 1.61. The zero-order valence-corrected chi connectivity index (χ0v) is 4.98. The van der Waals surface area contributed by atoms with Crippen molar-refractivity contribution in [1.82, 2.24) is 0 Å². The average molecular weight is 132 g/mol. The van der Waals surface area contributed by atoms with Gasteiger partial charge in [-0.1, -0.05) is 6.92 Å². The topological polar surface area (TPSA) is 43.4 Å². The third-order valence-corrected chi connectivity index (χ3v) is 0.794. The molecule has 0 aliphatic carbocycles. The van der Waals surface area contributed by atoms with Crippen molar-refractivity contribution in [3.8, 4) is 0 Å². The van der Waals surface area contributed by atoms with Gasteiger partial charge in [0.2, 0.25) is 0 Å². The summed E-state index contributed by atoms with van der Waals surface area (Å²) in [5.74, 6) is 0. The summed E-state index contributed by atoms with van der Waals surface area (Å²) >= 11 is 0. The van der Waals surface area contributed by atoms with Crippen molar-refractivity contribution < 1.29 is 12.6 Å². The summed E-state index contributed by atoms with van der Waals surface area (Å²) in [5.41, 5.74) is 0. The van der Waals surface area contributed by atoms with Crippen LogP contribution in [0.3, 0.4) is 0 Å². The molecule has 3 nitrogen and oxygen atoms in total. The van der Waals surface area contributed by atoms with Gasteiger partial charge in [-0.3, -0.25) is 4.18 Å². The summed E-state index contributed by atoms with van der Waals surface area (Å²) in [7, 11) is -2.61. The van der Waals surface area contributed by atoms with Gasteiger partial charge in [0.1, 0.15) is 0 Å². The summed E-state index contributed by atoms with van der Waals surface area (Å²) in [5, 5.41) is 0. The molecule has 5 heteroatoms. The number of hydrogen-bond donors (Lipinski definition) is 1. The molecule has 0 fully saturated rings. The fraction of sp³-hybridized carbons (Fsp3) is 1.00. The monoisotopic (exact) mass is 132 g/mol. The Morgan fingerprint density at radius 2 is 2.00 bits per heavy atom. The second kappa shape index (κ2) is 7.51. The molecule has 46 valence electrons. The zero-order valence-electron chi connectivity index (χ0n) is 4.09. The van der Waals surface area contributed by atoms with E-state index in [2.05, 4.69) is 4.18 Å². The van der Waals surface area contributed by atoms with E-state index in [-0.39, 0.29) is 18.9 Å². The first kappa shape index (κ1) is 11.3.